The first-order valence-corrected chi connectivity index (χ1v) is 12.8. The summed E-state index contributed by atoms with van der Waals surface area (Å²) >= 11 is 2.71. The Labute approximate surface area is 203 Å². The highest BCUT2D eigenvalue weighted by Crippen LogP contribution is 2.52. The lowest BCUT2D eigenvalue weighted by Gasteiger charge is -2.55. The summed E-state index contributed by atoms with van der Waals surface area (Å²) in [6, 6.07) is 13.9. The number of alkyl halides is 1. The van der Waals surface area contributed by atoms with E-state index in [1.807, 2.05) is 0 Å². The minimum Gasteiger partial charge on any atom is -0.497 e. The van der Waals surface area contributed by atoms with Gasteiger partial charge in [-0.3, -0.25) is 4.90 Å². The Morgan fingerprint density at radius 2 is 1.94 bits per heavy atom. The second-order valence-electron chi connectivity index (χ2n) is 9.47. The minimum atomic E-state index is -0.917. The van der Waals surface area contributed by atoms with Crippen LogP contribution >= 0.6 is 22.6 Å². The molecule has 1 N–H and O–H groups in total. The molecule has 2 aromatic rings. The lowest BCUT2D eigenvalue weighted by Crippen LogP contribution is -2.61. The average Bonchev–Trinajstić information content (AvgIpc) is 3.61. The van der Waals surface area contributed by atoms with Crippen LogP contribution in [0, 0.1) is 5.92 Å². The zero-order valence-electron chi connectivity index (χ0n) is 18.4. The number of halogens is 1. The highest BCUT2D eigenvalue weighted by atomic mass is 127. The predicted octanol–water partition coefficient (Wildman–Crippen LogP) is 4.94. The molecule has 1 saturated heterocycles. The van der Waals surface area contributed by atoms with Gasteiger partial charge in [0.05, 0.1) is 19.3 Å². The molecule has 1 aliphatic heterocycles. The molecule has 1 heterocycles. The van der Waals surface area contributed by atoms with Crippen molar-refractivity contribution in [2.24, 2.45) is 5.92 Å². The molecule has 0 spiro atoms. The number of aromatic carboxylic acids is 1. The van der Waals surface area contributed by atoms with Gasteiger partial charge in [-0.2, -0.15) is 0 Å². The number of methoxy groups -OCH3 is 1. The van der Waals surface area contributed by atoms with E-state index in [2.05, 4.69) is 45.7 Å². The lowest BCUT2D eigenvalue weighted by molar-refractivity contribution is 0.0697. The number of fused-ring (bicyclic) bond motifs is 4. The molecule has 6 heteroatoms. The molecule has 0 radical (unpaired) electrons. The minimum absolute atomic E-state index is 0.0639. The summed E-state index contributed by atoms with van der Waals surface area (Å²) < 4.78 is 12.2. The number of ether oxygens (including phenoxy) is 2. The van der Waals surface area contributed by atoms with Crippen molar-refractivity contribution in [2.45, 2.75) is 47.5 Å². The molecule has 3 aliphatic rings. The maximum absolute atomic E-state index is 11.1. The van der Waals surface area contributed by atoms with E-state index in [1.54, 1.807) is 31.4 Å². The van der Waals surface area contributed by atoms with Gasteiger partial charge in [0.25, 0.3) is 0 Å². The number of hydrogen-bond donors (Lipinski definition) is 1. The number of carbonyl (C=O) groups is 1. The van der Waals surface area contributed by atoms with Crippen molar-refractivity contribution in [1.82, 2.24) is 4.90 Å². The number of likely N-dealkylation sites (tertiary alicyclic amines) is 1. The van der Waals surface area contributed by atoms with Gasteiger partial charge in [0.2, 0.25) is 0 Å². The van der Waals surface area contributed by atoms with Crippen molar-refractivity contribution in [3.8, 4) is 11.5 Å². The summed E-state index contributed by atoms with van der Waals surface area (Å²) in [5, 5.41) is 9.11. The molecular formula is C26H30INO4. The molecule has 0 amide bonds. The molecule has 170 valence electrons. The summed E-state index contributed by atoms with van der Waals surface area (Å²) in [5.41, 5.74) is 3.23. The zero-order valence-corrected chi connectivity index (χ0v) is 20.6. The quantitative estimate of drug-likeness (QED) is 0.375. The van der Waals surface area contributed by atoms with E-state index >= 15 is 0 Å². The highest BCUT2D eigenvalue weighted by molar-refractivity contribution is 14.1. The van der Waals surface area contributed by atoms with E-state index in [9.17, 15) is 4.79 Å². The van der Waals surface area contributed by atoms with Crippen LogP contribution in [0.4, 0.5) is 0 Å². The molecule has 5 rings (SSSR count). The van der Waals surface area contributed by atoms with E-state index in [-0.39, 0.29) is 11.0 Å². The first-order valence-electron chi connectivity index (χ1n) is 11.5. The summed E-state index contributed by atoms with van der Waals surface area (Å²) in [6.45, 7) is 3.00. The molecule has 2 fully saturated rings. The Bertz CT molecular complexity index is 990. The normalized spacial score (nSPS) is 26.9. The molecule has 2 bridgehead atoms. The first kappa shape index (κ1) is 22.0. The fourth-order valence-electron chi connectivity index (χ4n) is 5.57. The maximum atomic E-state index is 11.1. The Morgan fingerprint density at radius 3 is 2.62 bits per heavy atom. The Kier molecular flexibility index (Phi) is 6.09. The monoisotopic (exact) mass is 547 g/mol. The van der Waals surface area contributed by atoms with Crippen LogP contribution < -0.4 is 9.47 Å². The summed E-state index contributed by atoms with van der Waals surface area (Å²) in [6.07, 6.45) is 5.96. The first-order chi connectivity index (χ1) is 15.5. The van der Waals surface area contributed by atoms with Gasteiger partial charge in [-0.05, 0) is 92.1 Å². The Hall–Kier alpha value is -1.80. The van der Waals surface area contributed by atoms with Crippen molar-refractivity contribution in [2.75, 3.05) is 26.8 Å². The number of piperidine rings is 1. The van der Waals surface area contributed by atoms with E-state index < -0.39 is 5.97 Å². The fraction of sp³-hybridized carbons (Fsp3) is 0.500. The SMILES string of the molecule is COc1ccc2c(c1)[C@]1(CCOc3ccc(C(=O)O)cc3)CCN(CC3CC3)C(C2)[C@@H]1I. The molecule has 0 aromatic heterocycles. The maximum Gasteiger partial charge on any atom is 0.335 e. The smallest absolute Gasteiger partial charge is 0.335 e. The van der Waals surface area contributed by atoms with Crippen molar-refractivity contribution >= 4 is 28.6 Å². The van der Waals surface area contributed by atoms with Gasteiger partial charge in [-0.15, -0.1) is 0 Å². The van der Waals surface area contributed by atoms with Gasteiger partial charge in [-0.1, -0.05) is 28.7 Å². The number of nitrogens with zero attached hydrogens (tertiary/aromatic N) is 1. The van der Waals surface area contributed by atoms with Gasteiger partial charge >= 0.3 is 5.97 Å². The fourth-order valence-corrected chi connectivity index (χ4v) is 7.23. The molecule has 5 nitrogen and oxygen atoms in total. The summed E-state index contributed by atoms with van der Waals surface area (Å²) in [5.74, 6) is 1.64. The number of carboxylic acids is 1. The third-order valence-electron chi connectivity index (χ3n) is 7.57. The number of benzene rings is 2. The number of carboxylic acid groups (broad SMARTS) is 1. The Balaban J connectivity index is 1.38. The molecule has 3 atom stereocenters. The van der Waals surface area contributed by atoms with Gasteiger partial charge < -0.3 is 14.6 Å². The van der Waals surface area contributed by atoms with Crippen LogP contribution in [0.3, 0.4) is 0 Å². The lowest BCUT2D eigenvalue weighted by atomic mass is 9.62. The second-order valence-corrected chi connectivity index (χ2v) is 10.8. The number of hydrogen-bond acceptors (Lipinski definition) is 4. The van der Waals surface area contributed by atoms with Crippen LogP contribution in [0.25, 0.3) is 0 Å². The molecule has 1 unspecified atom stereocenters. The van der Waals surface area contributed by atoms with E-state index in [1.165, 1.54) is 30.5 Å². The van der Waals surface area contributed by atoms with Gasteiger partial charge in [0.1, 0.15) is 11.5 Å². The highest BCUT2D eigenvalue weighted by Gasteiger charge is 2.52. The molecule has 32 heavy (non-hydrogen) atoms. The third kappa shape index (κ3) is 4.12. The van der Waals surface area contributed by atoms with Crippen LogP contribution in [0.2, 0.25) is 0 Å². The predicted molar refractivity (Wildman–Crippen MR) is 132 cm³/mol. The average molecular weight is 547 g/mol. The van der Waals surface area contributed by atoms with Crippen LogP contribution in [-0.2, 0) is 11.8 Å². The summed E-state index contributed by atoms with van der Waals surface area (Å²) in [7, 11) is 1.74. The van der Waals surface area contributed by atoms with Gasteiger partial charge in [-0.25, -0.2) is 4.79 Å². The number of rotatable bonds is 8. The van der Waals surface area contributed by atoms with Crippen molar-refractivity contribution in [1.29, 1.82) is 0 Å². The second kappa shape index (κ2) is 8.86. The summed E-state index contributed by atoms with van der Waals surface area (Å²) in [4.78, 5) is 13.9. The van der Waals surface area contributed by atoms with Crippen molar-refractivity contribution in [3.63, 3.8) is 0 Å². The third-order valence-corrected chi connectivity index (χ3v) is 9.59. The van der Waals surface area contributed by atoms with Gasteiger partial charge in [0.15, 0.2) is 0 Å². The molecule has 1 saturated carbocycles. The molecular weight excluding hydrogens is 517 g/mol. The van der Waals surface area contributed by atoms with E-state index in [0.29, 0.717) is 16.6 Å². The van der Waals surface area contributed by atoms with Crippen molar-refractivity contribution < 1.29 is 19.4 Å². The Morgan fingerprint density at radius 1 is 1.19 bits per heavy atom. The van der Waals surface area contributed by atoms with Crippen LogP contribution in [0.5, 0.6) is 11.5 Å². The molecule has 2 aromatic carbocycles. The van der Waals surface area contributed by atoms with Crippen molar-refractivity contribution in [3.05, 3.63) is 59.2 Å². The topological polar surface area (TPSA) is 59.0 Å². The molecule has 2 aliphatic carbocycles. The van der Waals surface area contributed by atoms with Crippen LogP contribution in [0.15, 0.2) is 42.5 Å². The van der Waals surface area contributed by atoms with Gasteiger partial charge in [0, 0.05) is 21.9 Å². The van der Waals surface area contributed by atoms with Crippen LogP contribution in [-0.4, -0.2) is 52.7 Å². The van der Waals surface area contributed by atoms with E-state index in [4.69, 9.17) is 14.6 Å². The zero-order chi connectivity index (χ0) is 22.3. The standard InChI is InChI=1S/C26H30INO4/c1-31-21-9-6-19-14-23-24(27)26(22(19)15-21,10-12-28(23)16-17-2-3-17)11-13-32-20-7-4-18(5-8-20)25(29)30/h4-9,15,17,23-24H,2-3,10-14,16H2,1H3,(H,29,30)/t23?,24-,26+/m0/s1. The van der Waals surface area contributed by atoms with E-state index in [0.717, 1.165) is 43.2 Å². The van der Waals surface area contributed by atoms with Crippen LogP contribution in [0.1, 0.15) is 47.2 Å². The largest absolute Gasteiger partial charge is 0.497 e.